The molecule has 0 heterocycles. The number of carbonyl (C=O) groups excluding carboxylic acids is 1. The molecule has 0 radical (unpaired) electrons. The first-order valence-electron chi connectivity index (χ1n) is 7.53. The van der Waals surface area contributed by atoms with Crippen LogP contribution < -0.4 is 11.1 Å². The van der Waals surface area contributed by atoms with Crippen molar-refractivity contribution in [1.29, 1.82) is 0 Å². The number of hydrogen-bond donors (Lipinski definition) is 2. The largest absolute Gasteiger partial charge is 0.391 e. The molecule has 1 aromatic rings. The number of halogens is 4. The van der Waals surface area contributed by atoms with Crippen molar-refractivity contribution in [3.63, 3.8) is 0 Å². The number of alkyl halides is 3. The Hall–Kier alpha value is -1.27. The fourth-order valence-corrected chi connectivity index (χ4v) is 2.89. The van der Waals surface area contributed by atoms with Gasteiger partial charge in [-0.1, -0.05) is 36.8 Å². The highest BCUT2D eigenvalue weighted by atomic mass is 35.5. The Kier molecular flexibility index (Phi) is 7.35. The van der Waals surface area contributed by atoms with Crippen molar-refractivity contribution in [2.75, 3.05) is 0 Å². The fraction of sp³-hybridized carbons (Fsp3) is 0.562. The first-order valence-corrected chi connectivity index (χ1v) is 7.53. The standard InChI is InChI=1S/C16H21F3N2O.ClH/c17-16(18,19)12-7-4-8-13(10-12)21-15(22)14(20)9-11-5-2-1-3-6-11;/h1-3,5-6,12-14H,4,7-10,20H2,(H,21,22);1H/t12?,13?,14-;/m0./s1. The molecule has 0 bridgehead atoms. The van der Waals surface area contributed by atoms with Gasteiger partial charge in [0, 0.05) is 6.04 Å². The Morgan fingerprint density at radius 1 is 1.26 bits per heavy atom. The third-order valence-electron chi connectivity index (χ3n) is 4.12. The first-order chi connectivity index (χ1) is 10.4. The molecule has 1 aliphatic rings. The van der Waals surface area contributed by atoms with Gasteiger partial charge in [0.05, 0.1) is 12.0 Å². The zero-order valence-electron chi connectivity index (χ0n) is 12.7. The second-order valence-electron chi connectivity index (χ2n) is 5.91. The van der Waals surface area contributed by atoms with Crippen molar-refractivity contribution in [1.82, 2.24) is 5.32 Å². The van der Waals surface area contributed by atoms with Crippen LogP contribution in [0.1, 0.15) is 31.2 Å². The Balaban J connectivity index is 0.00000264. The summed E-state index contributed by atoms with van der Waals surface area (Å²) in [6, 6.07) is 8.14. The first kappa shape index (κ1) is 19.8. The minimum atomic E-state index is -4.18. The van der Waals surface area contributed by atoms with Gasteiger partial charge in [-0.25, -0.2) is 0 Å². The molecule has 0 saturated heterocycles. The Bertz CT molecular complexity index is 496. The highest BCUT2D eigenvalue weighted by Crippen LogP contribution is 2.37. The van der Waals surface area contributed by atoms with Crippen molar-refractivity contribution in [2.24, 2.45) is 11.7 Å². The second kappa shape index (κ2) is 8.55. The average molecular weight is 351 g/mol. The molecule has 0 aromatic heterocycles. The molecular weight excluding hydrogens is 329 g/mol. The van der Waals surface area contributed by atoms with E-state index in [1.165, 1.54) is 0 Å². The summed E-state index contributed by atoms with van der Waals surface area (Å²) in [5.41, 5.74) is 6.78. The molecule has 3 nitrogen and oxygen atoms in total. The van der Waals surface area contributed by atoms with Crippen LogP contribution in [-0.2, 0) is 11.2 Å². The Labute approximate surface area is 140 Å². The van der Waals surface area contributed by atoms with E-state index < -0.39 is 24.2 Å². The topological polar surface area (TPSA) is 55.1 Å². The fourth-order valence-electron chi connectivity index (χ4n) is 2.89. The SMILES string of the molecule is Cl.N[C@@H](Cc1ccccc1)C(=O)NC1CCCC(C(F)(F)F)C1. The number of amides is 1. The van der Waals surface area contributed by atoms with Crippen LogP contribution in [0.4, 0.5) is 13.2 Å². The molecule has 3 N–H and O–H groups in total. The third kappa shape index (κ3) is 6.03. The van der Waals surface area contributed by atoms with Gasteiger partial charge in [-0.2, -0.15) is 13.2 Å². The molecular formula is C16H22ClF3N2O. The number of hydrogen-bond acceptors (Lipinski definition) is 2. The predicted octanol–water partition coefficient (Wildman–Crippen LogP) is 3.22. The summed E-state index contributed by atoms with van der Waals surface area (Å²) in [5.74, 6) is -1.70. The normalized spacial score (nSPS) is 22.8. The van der Waals surface area contributed by atoms with Gasteiger partial charge in [0.15, 0.2) is 0 Å². The van der Waals surface area contributed by atoms with Crippen molar-refractivity contribution in [3.8, 4) is 0 Å². The molecule has 0 aliphatic heterocycles. The van der Waals surface area contributed by atoms with E-state index in [9.17, 15) is 18.0 Å². The van der Waals surface area contributed by atoms with Gasteiger partial charge in [0.1, 0.15) is 0 Å². The van der Waals surface area contributed by atoms with Crippen LogP contribution in [0.5, 0.6) is 0 Å². The van der Waals surface area contributed by atoms with Gasteiger partial charge in [-0.15, -0.1) is 12.4 Å². The summed E-state index contributed by atoms with van der Waals surface area (Å²) in [7, 11) is 0. The quantitative estimate of drug-likeness (QED) is 0.876. The maximum Gasteiger partial charge on any atom is 0.391 e. The lowest BCUT2D eigenvalue weighted by Crippen LogP contribution is -2.48. The zero-order valence-corrected chi connectivity index (χ0v) is 13.5. The third-order valence-corrected chi connectivity index (χ3v) is 4.12. The maximum absolute atomic E-state index is 12.8. The molecule has 7 heteroatoms. The maximum atomic E-state index is 12.8. The molecule has 1 fully saturated rings. The molecule has 1 amide bonds. The second-order valence-corrected chi connectivity index (χ2v) is 5.91. The molecule has 2 rings (SSSR count). The molecule has 1 aliphatic carbocycles. The molecule has 2 unspecified atom stereocenters. The van der Waals surface area contributed by atoms with E-state index >= 15 is 0 Å². The lowest BCUT2D eigenvalue weighted by atomic mass is 9.85. The van der Waals surface area contributed by atoms with Gasteiger partial charge >= 0.3 is 6.18 Å². The molecule has 0 spiro atoms. The highest BCUT2D eigenvalue weighted by molar-refractivity contribution is 5.85. The predicted molar refractivity (Wildman–Crippen MR) is 85.3 cm³/mol. The van der Waals surface area contributed by atoms with Crippen LogP contribution in [0.3, 0.4) is 0 Å². The summed E-state index contributed by atoms with van der Waals surface area (Å²) in [5, 5.41) is 2.68. The van der Waals surface area contributed by atoms with Crippen LogP contribution in [0.25, 0.3) is 0 Å². The molecule has 3 atom stereocenters. The monoisotopic (exact) mass is 350 g/mol. The highest BCUT2D eigenvalue weighted by Gasteiger charge is 2.42. The number of rotatable bonds is 4. The van der Waals surface area contributed by atoms with Crippen LogP contribution in [-0.4, -0.2) is 24.2 Å². The minimum Gasteiger partial charge on any atom is -0.352 e. The Morgan fingerprint density at radius 2 is 1.91 bits per heavy atom. The summed E-state index contributed by atoms with van der Waals surface area (Å²) in [6.45, 7) is 0. The summed E-state index contributed by atoms with van der Waals surface area (Å²) >= 11 is 0. The van der Waals surface area contributed by atoms with Crippen molar-refractivity contribution >= 4 is 18.3 Å². The van der Waals surface area contributed by atoms with Crippen molar-refractivity contribution < 1.29 is 18.0 Å². The van der Waals surface area contributed by atoms with Crippen LogP contribution in [0.15, 0.2) is 30.3 Å². The van der Waals surface area contributed by atoms with Gasteiger partial charge in [-0.3, -0.25) is 4.79 Å². The van der Waals surface area contributed by atoms with Crippen LogP contribution in [0, 0.1) is 5.92 Å². The lowest BCUT2D eigenvalue weighted by molar-refractivity contribution is -0.184. The van der Waals surface area contributed by atoms with Gasteiger partial charge < -0.3 is 11.1 Å². The van der Waals surface area contributed by atoms with Crippen molar-refractivity contribution in [3.05, 3.63) is 35.9 Å². The van der Waals surface area contributed by atoms with Crippen LogP contribution >= 0.6 is 12.4 Å². The van der Waals surface area contributed by atoms with E-state index in [4.69, 9.17) is 5.73 Å². The van der Waals surface area contributed by atoms with Crippen molar-refractivity contribution in [2.45, 2.75) is 50.4 Å². The average Bonchev–Trinajstić information content (AvgIpc) is 2.47. The number of nitrogens with two attached hydrogens (primary N) is 1. The van der Waals surface area contributed by atoms with Crippen LogP contribution in [0.2, 0.25) is 0 Å². The summed E-state index contributed by atoms with van der Waals surface area (Å²) < 4.78 is 38.3. The Morgan fingerprint density at radius 3 is 2.52 bits per heavy atom. The molecule has 1 saturated carbocycles. The lowest BCUT2D eigenvalue weighted by Gasteiger charge is -2.31. The summed E-state index contributed by atoms with van der Waals surface area (Å²) in [6.07, 6.45) is -2.66. The van der Waals surface area contributed by atoms with E-state index in [1.54, 1.807) is 0 Å². The summed E-state index contributed by atoms with van der Waals surface area (Å²) in [4.78, 5) is 12.1. The molecule has 130 valence electrons. The van der Waals surface area contributed by atoms with E-state index in [2.05, 4.69) is 5.32 Å². The van der Waals surface area contributed by atoms with Gasteiger partial charge in [0.25, 0.3) is 0 Å². The van der Waals surface area contributed by atoms with E-state index in [0.29, 0.717) is 19.3 Å². The molecule has 1 aromatic carbocycles. The van der Waals surface area contributed by atoms with E-state index in [0.717, 1.165) is 5.56 Å². The van der Waals surface area contributed by atoms with Gasteiger partial charge in [0.2, 0.25) is 5.91 Å². The minimum absolute atomic E-state index is 0. The number of carbonyl (C=O) groups is 1. The van der Waals surface area contributed by atoms with E-state index in [1.807, 2.05) is 30.3 Å². The van der Waals surface area contributed by atoms with E-state index in [-0.39, 0.29) is 31.2 Å². The van der Waals surface area contributed by atoms with Gasteiger partial charge in [-0.05, 0) is 31.2 Å². The number of nitrogens with one attached hydrogen (secondary N) is 1. The smallest absolute Gasteiger partial charge is 0.352 e. The molecule has 23 heavy (non-hydrogen) atoms. The number of benzene rings is 1. The zero-order chi connectivity index (χ0) is 16.2.